The van der Waals surface area contributed by atoms with Crippen LogP contribution in [0.1, 0.15) is 21.6 Å². The van der Waals surface area contributed by atoms with Gasteiger partial charge < -0.3 is 0 Å². The van der Waals surface area contributed by atoms with Crippen LogP contribution in [0.5, 0.6) is 0 Å². The van der Waals surface area contributed by atoms with Crippen molar-refractivity contribution >= 4 is 23.5 Å². The summed E-state index contributed by atoms with van der Waals surface area (Å²) in [6.45, 7) is 0. The molecule has 2 aromatic rings. The molecule has 0 saturated carbocycles. The molecule has 2 aromatic carbocycles. The predicted molar refractivity (Wildman–Crippen MR) is 83.3 cm³/mol. The lowest BCUT2D eigenvalue weighted by atomic mass is 10.1. The van der Waals surface area contributed by atoms with Crippen molar-refractivity contribution in [3.8, 4) is 0 Å². The highest BCUT2D eigenvalue weighted by Gasteiger charge is 2.24. The fourth-order valence-electron chi connectivity index (χ4n) is 2.24. The zero-order valence-electron chi connectivity index (χ0n) is 10.2. The molecule has 0 N–H and O–H groups in total. The molecular weight excluding hydrogens is 256 g/mol. The molecule has 2 heteroatoms. The van der Waals surface area contributed by atoms with Gasteiger partial charge in [0.2, 0.25) is 0 Å². The minimum atomic E-state index is 0.634. The van der Waals surface area contributed by atoms with Crippen LogP contribution in [0.15, 0.2) is 60.7 Å². The molecule has 0 spiro atoms. The summed E-state index contributed by atoms with van der Waals surface area (Å²) in [5.74, 6) is 2.47. The monoisotopic (exact) mass is 272 g/mol. The van der Waals surface area contributed by atoms with Crippen LogP contribution in [-0.4, -0.2) is 11.5 Å². The molecule has 1 heterocycles. The Bertz CT molecular complexity index is 435. The molecule has 1 aliphatic heterocycles. The lowest BCUT2D eigenvalue weighted by Gasteiger charge is -2.29. The normalized spacial score (nSPS) is 23.8. The molecule has 18 heavy (non-hydrogen) atoms. The second-order valence-corrected chi connectivity index (χ2v) is 6.96. The highest BCUT2D eigenvalue weighted by atomic mass is 32.2. The first-order valence-corrected chi connectivity index (χ1v) is 8.36. The van der Waals surface area contributed by atoms with Crippen LogP contribution in [-0.2, 0) is 0 Å². The van der Waals surface area contributed by atoms with Crippen LogP contribution in [0, 0.1) is 0 Å². The fourth-order valence-corrected chi connectivity index (χ4v) is 5.42. The first-order chi connectivity index (χ1) is 8.93. The topological polar surface area (TPSA) is 0 Å². The molecule has 0 bridgehead atoms. The van der Waals surface area contributed by atoms with Gasteiger partial charge in [0.1, 0.15) is 0 Å². The van der Waals surface area contributed by atoms with Gasteiger partial charge in [-0.25, -0.2) is 0 Å². The Labute approximate surface area is 117 Å². The van der Waals surface area contributed by atoms with Gasteiger partial charge in [0.05, 0.1) is 0 Å². The average molecular weight is 272 g/mol. The second kappa shape index (κ2) is 5.85. The largest absolute Gasteiger partial charge is 0.159 e. The number of benzene rings is 2. The summed E-state index contributed by atoms with van der Waals surface area (Å²) >= 11 is 4.20. The molecule has 0 aliphatic carbocycles. The molecule has 1 fully saturated rings. The SMILES string of the molecule is c1ccc([C@@H]2CSC[C@H](c3ccccc3)S2)cc1. The van der Waals surface area contributed by atoms with E-state index in [1.54, 1.807) is 0 Å². The van der Waals surface area contributed by atoms with Crippen molar-refractivity contribution in [2.45, 2.75) is 10.5 Å². The van der Waals surface area contributed by atoms with Gasteiger partial charge in [0, 0.05) is 22.0 Å². The maximum Gasteiger partial charge on any atom is 0.0394 e. The van der Waals surface area contributed by atoms with E-state index in [0.29, 0.717) is 10.5 Å². The average Bonchev–Trinajstić information content (AvgIpc) is 2.49. The maximum absolute atomic E-state index is 2.26. The number of hydrogen-bond donors (Lipinski definition) is 0. The first kappa shape index (κ1) is 12.2. The minimum absolute atomic E-state index is 0.634. The van der Waals surface area contributed by atoms with Gasteiger partial charge in [-0.2, -0.15) is 11.8 Å². The van der Waals surface area contributed by atoms with Crippen LogP contribution in [0.2, 0.25) is 0 Å². The molecule has 1 aliphatic rings. The Morgan fingerprint density at radius 1 is 0.667 bits per heavy atom. The van der Waals surface area contributed by atoms with Crippen molar-refractivity contribution in [3.63, 3.8) is 0 Å². The van der Waals surface area contributed by atoms with E-state index in [1.165, 1.54) is 22.6 Å². The highest BCUT2D eigenvalue weighted by Crippen LogP contribution is 2.47. The van der Waals surface area contributed by atoms with E-state index < -0.39 is 0 Å². The van der Waals surface area contributed by atoms with E-state index in [4.69, 9.17) is 0 Å². The van der Waals surface area contributed by atoms with Crippen LogP contribution in [0.25, 0.3) is 0 Å². The van der Waals surface area contributed by atoms with Gasteiger partial charge >= 0.3 is 0 Å². The summed E-state index contributed by atoms with van der Waals surface area (Å²) < 4.78 is 0. The van der Waals surface area contributed by atoms with Crippen LogP contribution in [0.4, 0.5) is 0 Å². The fraction of sp³-hybridized carbons (Fsp3) is 0.250. The molecule has 0 unspecified atom stereocenters. The van der Waals surface area contributed by atoms with Crippen molar-refractivity contribution in [2.75, 3.05) is 11.5 Å². The highest BCUT2D eigenvalue weighted by molar-refractivity contribution is 8.06. The van der Waals surface area contributed by atoms with Crippen LogP contribution in [0.3, 0.4) is 0 Å². The lowest BCUT2D eigenvalue weighted by Crippen LogP contribution is -2.11. The third kappa shape index (κ3) is 2.76. The van der Waals surface area contributed by atoms with Crippen molar-refractivity contribution in [3.05, 3.63) is 71.8 Å². The van der Waals surface area contributed by atoms with Crippen LogP contribution < -0.4 is 0 Å². The molecular formula is C16H16S2. The van der Waals surface area contributed by atoms with Gasteiger partial charge in [-0.3, -0.25) is 0 Å². The van der Waals surface area contributed by atoms with Gasteiger partial charge in [-0.15, -0.1) is 11.8 Å². The van der Waals surface area contributed by atoms with Gasteiger partial charge in [0.25, 0.3) is 0 Å². The molecule has 0 radical (unpaired) electrons. The summed E-state index contributed by atoms with van der Waals surface area (Å²) in [6, 6.07) is 21.8. The van der Waals surface area contributed by atoms with E-state index in [9.17, 15) is 0 Å². The molecule has 1 saturated heterocycles. The van der Waals surface area contributed by atoms with Gasteiger partial charge in [0.15, 0.2) is 0 Å². The molecule has 0 nitrogen and oxygen atoms in total. The summed E-state index contributed by atoms with van der Waals surface area (Å²) in [4.78, 5) is 0. The molecule has 92 valence electrons. The molecule has 2 atom stereocenters. The van der Waals surface area contributed by atoms with Gasteiger partial charge in [-0.1, -0.05) is 60.7 Å². The number of hydrogen-bond acceptors (Lipinski definition) is 2. The second-order valence-electron chi connectivity index (χ2n) is 4.47. The van der Waals surface area contributed by atoms with Crippen molar-refractivity contribution in [2.24, 2.45) is 0 Å². The Kier molecular flexibility index (Phi) is 3.96. The van der Waals surface area contributed by atoms with Crippen molar-refractivity contribution < 1.29 is 0 Å². The summed E-state index contributed by atoms with van der Waals surface area (Å²) in [6.07, 6.45) is 0. The quantitative estimate of drug-likeness (QED) is 0.758. The lowest BCUT2D eigenvalue weighted by molar-refractivity contribution is 1.02. The minimum Gasteiger partial charge on any atom is -0.159 e. The smallest absolute Gasteiger partial charge is 0.0394 e. The predicted octanol–water partition coefficient (Wildman–Crippen LogP) is 4.95. The summed E-state index contributed by atoms with van der Waals surface area (Å²) in [5, 5.41) is 1.27. The van der Waals surface area contributed by atoms with Crippen molar-refractivity contribution in [1.82, 2.24) is 0 Å². The standard InChI is InChI=1S/C16H16S2/c1-3-7-13(8-4-1)15-11-17-12-16(18-15)14-9-5-2-6-10-14/h1-10,15-16H,11-12H2/t15-,16+. The Hall–Kier alpha value is -0.860. The van der Waals surface area contributed by atoms with Crippen LogP contribution >= 0.6 is 23.5 Å². The Balaban J connectivity index is 1.77. The molecule has 0 amide bonds. The Morgan fingerprint density at radius 3 is 1.56 bits per heavy atom. The molecule has 0 aromatic heterocycles. The molecule has 3 rings (SSSR count). The zero-order valence-corrected chi connectivity index (χ0v) is 11.8. The van der Waals surface area contributed by atoms with E-state index >= 15 is 0 Å². The Morgan fingerprint density at radius 2 is 1.11 bits per heavy atom. The van der Waals surface area contributed by atoms with Gasteiger partial charge in [-0.05, 0) is 11.1 Å². The number of thioether (sulfide) groups is 2. The van der Waals surface area contributed by atoms with E-state index in [0.717, 1.165) is 0 Å². The zero-order chi connectivity index (χ0) is 12.2. The number of rotatable bonds is 2. The van der Waals surface area contributed by atoms with Crippen molar-refractivity contribution in [1.29, 1.82) is 0 Å². The third-order valence-electron chi connectivity index (χ3n) is 3.21. The summed E-state index contributed by atoms with van der Waals surface area (Å²) in [5.41, 5.74) is 2.94. The summed E-state index contributed by atoms with van der Waals surface area (Å²) in [7, 11) is 0. The van der Waals surface area contributed by atoms with E-state index in [-0.39, 0.29) is 0 Å². The van der Waals surface area contributed by atoms with E-state index in [2.05, 4.69) is 84.2 Å². The van der Waals surface area contributed by atoms with E-state index in [1.807, 2.05) is 0 Å². The maximum atomic E-state index is 2.26. The third-order valence-corrected chi connectivity index (χ3v) is 6.30. The first-order valence-electron chi connectivity index (χ1n) is 6.26.